The van der Waals surface area contributed by atoms with E-state index in [1.165, 1.54) is 12.3 Å². The predicted molar refractivity (Wildman–Crippen MR) is 121 cm³/mol. The lowest BCUT2D eigenvalue weighted by Crippen LogP contribution is -2.44. The Bertz CT molecular complexity index is 962. The van der Waals surface area contributed by atoms with E-state index in [-0.39, 0.29) is 28.4 Å². The summed E-state index contributed by atoms with van der Waals surface area (Å²) in [5.74, 6) is 1.44. The second kappa shape index (κ2) is 10.8. The number of likely N-dealkylation sites (N-methyl/N-ethyl adjacent to an activating group) is 1. The maximum atomic E-state index is 11.6. The van der Waals surface area contributed by atoms with Crippen LogP contribution in [-0.2, 0) is 9.84 Å². The van der Waals surface area contributed by atoms with Gasteiger partial charge in [-0.05, 0) is 19.9 Å². The zero-order valence-electron chi connectivity index (χ0n) is 18.1. The molecule has 0 N–H and O–H groups in total. The molecule has 1 aliphatic heterocycles. The molecule has 0 aromatic carbocycles. The lowest BCUT2D eigenvalue weighted by Gasteiger charge is -2.35. The fourth-order valence-electron chi connectivity index (χ4n) is 3.34. The van der Waals surface area contributed by atoms with Crippen LogP contribution in [0.4, 0.5) is 6.01 Å². The number of hydrogen-bond donors (Lipinski definition) is 0. The molecule has 0 aliphatic carbocycles. The first-order valence-corrected chi connectivity index (χ1v) is 12.2. The molecule has 2 aromatic heterocycles. The average molecular weight is 494 g/mol. The van der Waals surface area contributed by atoms with E-state index < -0.39 is 9.84 Å². The topological polar surface area (TPSA) is 102 Å². The largest absolute Gasteiger partial charge is 0.491 e. The second-order valence-electron chi connectivity index (χ2n) is 7.87. The molecule has 1 aliphatic rings. The van der Waals surface area contributed by atoms with Crippen molar-refractivity contribution in [1.29, 1.82) is 0 Å². The molecular formula is C19H29Cl2N5O4S. The van der Waals surface area contributed by atoms with Crippen molar-refractivity contribution in [3.63, 3.8) is 0 Å². The van der Waals surface area contributed by atoms with E-state index >= 15 is 0 Å². The number of nitrogens with zero attached hydrogens (tertiary/aromatic N) is 5. The molecule has 31 heavy (non-hydrogen) atoms. The Labute approximate surface area is 194 Å². The minimum Gasteiger partial charge on any atom is -0.491 e. The Balaban J connectivity index is 0.00000341. The minimum absolute atomic E-state index is 0. The highest BCUT2D eigenvalue weighted by Gasteiger charge is 2.25. The standard InChI is InChI=1S/C19H28ClN5O4S.ClH/c1-13(2)17-22-19(29-23-17)25-7-5-14(6-8-25)24(3)9-10-28-15-11-16(20)18(21-12-15)30(4,26)27;/h11-14H,5-10H2,1-4H3;1H. The van der Waals surface area contributed by atoms with Crippen LogP contribution in [0.5, 0.6) is 5.75 Å². The summed E-state index contributed by atoms with van der Waals surface area (Å²) in [7, 11) is -1.38. The number of ether oxygens (including phenoxy) is 1. The van der Waals surface area contributed by atoms with E-state index in [4.69, 9.17) is 20.9 Å². The van der Waals surface area contributed by atoms with Gasteiger partial charge in [-0.2, -0.15) is 4.98 Å². The van der Waals surface area contributed by atoms with Gasteiger partial charge in [-0.1, -0.05) is 30.6 Å². The van der Waals surface area contributed by atoms with Gasteiger partial charge in [0, 0.05) is 43.9 Å². The first-order valence-electron chi connectivity index (χ1n) is 9.92. The molecule has 1 saturated heterocycles. The Kier molecular flexibility index (Phi) is 8.93. The van der Waals surface area contributed by atoms with Crippen LogP contribution in [0.2, 0.25) is 5.02 Å². The summed E-state index contributed by atoms with van der Waals surface area (Å²) in [4.78, 5) is 12.8. The molecule has 3 heterocycles. The average Bonchev–Trinajstić information content (AvgIpc) is 3.18. The van der Waals surface area contributed by atoms with Crippen LogP contribution < -0.4 is 9.64 Å². The molecule has 2 aromatic rings. The minimum atomic E-state index is -3.45. The number of hydrogen-bond acceptors (Lipinski definition) is 9. The Morgan fingerprint density at radius 2 is 2.03 bits per heavy atom. The van der Waals surface area contributed by atoms with E-state index in [0.717, 1.165) is 44.6 Å². The molecule has 0 spiro atoms. The molecule has 0 unspecified atom stereocenters. The highest BCUT2D eigenvalue weighted by Crippen LogP contribution is 2.24. The van der Waals surface area contributed by atoms with Crippen molar-refractivity contribution in [2.24, 2.45) is 0 Å². The van der Waals surface area contributed by atoms with Crippen LogP contribution in [0, 0.1) is 0 Å². The van der Waals surface area contributed by atoms with Crippen molar-refractivity contribution >= 4 is 39.9 Å². The van der Waals surface area contributed by atoms with Gasteiger partial charge in [0.1, 0.15) is 12.4 Å². The van der Waals surface area contributed by atoms with Crippen molar-refractivity contribution in [3.05, 3.63) is 23.1 Å². The van der Waals surface area contributed by atoms with Gasteiger partial charge in [-0.3, -0.25) is 4.90 Å². The highest BCUT2D eigenvalue weighted by atomic mass is 35.5. The first kappa shape index (κ1) is 25.6. The zero-order valence-corrected chi connectivity index (χ0v) is 20.5. The Hall–Kier alpha value is -1.62. The molecule has 0 atom stereocenters. The van der Waals surface area contributed by atoms with Crippen LogP contribution in [-0.4, -0.2) is 74.0 Å². The number of pyridine rings is 1. The van der Waals surface area contributed by atoms with Crippen molar-refractivity contribution < 1.29 is 17.7 Å². The molecule has 174 valence electrons. The molecule has 0 amide bonds. The normalized spacial score (nSPS) is 15.4. The molecule has 0 radical (unpaired) electrons. The fraction of sp³-hybridized carbons (Fsp3) is 0.632. The zero-order chi connectivity index (χ0) is 21.9. The lowest BCUT2D eigenvalue weighted by molar-refractivity contribution is 0.169. The van der Waals surface area contributed by atoms with E-state index in [0.29, 0.717) is 24.4 Å². The lowest BCUT2D eigenvalue weighted by atomic mass is 10.0. The second-order valence-corrected chi connectivity index (χ2v) is 10.2. The summed E-state index contributed by atoms with van der Waals surface area (Å²) in [5.41, 5.74) is 0. The van der Waals surface area contributed by atoms with Crippen LogP contribution in [0.1, 0.15) is 38.4 Å². The van der Waals surface area contributed by atoms with E-state index in [9.17, 15) is 8.42 Å². The summed E-state index contributed by atoms with van der Waals surface area (Å²) >= 11 is 6.01. The Morgan fingerprint density at radius 3 is 2.58 bits per heavy atom. The van der Waals surface area contributed by atoms with Gasteiger partial charge in [0.2, 0.25) is 0 Å². The summed E-state index contributed by atoms with van der Waals surface area (Å²) < 4.78 is 34.2. The molecule has 1 fully saturated rings. The number of piperidine rings is 1. The fourth-order valence-corrected chi connectivity index (χ4v) is 4.57. The predicted octanol–water partition coefficient (Wildman–Crippen LogP) is 3.05. The van der Waals surface area contributed by atoms with Gasteiger partial charge >= 0.3 is 6.01 Å². The quantitative estimate of drug-likeness (QED) is 0.548. The van der Waals surface area contributed by atoms with Gasteiger partial charge in [0.05, 0.1) is 11.2 Å². The number of rotatable bonds is 8. The van der Waals surface area contributed by atoms with Gasteiger partial charge in [-0.15, -0.1) is 12.4 Å². The number of anilines is 1. The van der Waals surface area contributed by atoms with Gasteiger partial charge in [0.15, 0.2) is 20.7 Å². The van der Waals surface area contributed by atoms with Crippen molar-refractivity contribution in [2.75, 3.05) is 44.4 Å². The first-order chi connectivity index (χ1) is 14.1. The summed E-state index contributed by atoms with van der Waals surface area (Å²) in [6, 6.07) is 2.52. The van der Waals surface area contributed by atoms with Gasteiger partial charge in [-0.25, -0.2) is 13.4 Å². The molecule has 12 heteroatoms. The molecular weight excluding hydrogens is 465 g/mol. The van der Waals surface area contributed by atoms with Crippen LogP contribution >= 0.6 is 24.0 Å². The van der Waals surface area contributed by atoms with E-state index in [2.05, 4.69) is 32.0 Å². The smallest absolute Gasteiger partial charge is 0.324 e. The van der Waals surface area contributed by atoms with Gasteiger partial charge < -0.3 is 14.2 Å². The third kappa shape index (κ3) is 6.68. The highest BCUT2D eigenvalue weighted by molar-refractivity contribution is 7.90. The third-order valence-corrected chi connectivity index (χ3v) is 6.58. The number of sulfone groups is 1. The van der Waals surface area contributed by atoms with Crippen LogP contribution in [0.15, 0.2) is 21.8 Å². The summed E-state index contributed by atoms with van der Waals surface area (Å²) in [6.45, 7) is 7.00. The SMILES string of the molecule is CC(C)c1noc(N2CCC(N(C)CCOc3cnc(S(C)(=O)=O)c(Cl)c3)CC2)n1.Cl. The Morgan fingerprint density at radius 1 is 1.35 bits per heavy atom. The number of aromatic nitrogens is 3. The summed E-state index contributed by atoms with van der Waals surface area (Å²) in [6.07, 6.45) is 4.44. The maximum Gasteiger partial charge on any atom is 0.324 e. The van der Waals surface area contributed by atoms with E-state index in [1.807, 2.05) is 13.8 Å². The molecule has 9 nitrogen and oxygen atoms in total. The molecule has 0 saturated carbocycles. The summed E-state index contributed by atoms with van der Waals surface area (Å²) in [5, 5.41) is 3.97. The van der Waals surface area contributed by atoms with Crippen molar-refractivity contribution in [3.8, 4) is 5.75 Å². The van der Waals surface area contributed by atoms with Crippen molar-refractivity contribution in [2.45, 2.75) is 43.7 Å². The molecule has 3 rings (SSSR count). The van der Waals surface area contributed by atoms with Crippen molar-refractivity contribution in [1.82, 2.24) is 20.0 Å². The van der Waals surface area contributed by atoms with Gasteiger partial charge in [0.25, 0.3) is 0 Å². The third-order valence-electron chi connectivity index (χ3n) is 5.15. The van der Waals surface area contributed by atoms with Crippen LogP contribution in [0.25, 0.3) is 0 Å². The maximum absolute atomic E-state index is 11.6. The monoisotopic (exact) mass is 493 g/mol. The number of halogens is 2. The van der Waals surface area contributed by atoms with E-state index in [1.54, 1.807) is 0 Å². The van der Waals surface area contributed by atoms with Crippen LogP contribution in [0.3, 0.4) is 0 Å². The molecule has 0 bridgehead atoms.